The van der Waals surface area contributed by atoms with Gasteiger partial charge in [0.05, 0.1) is 14.2 Å². The van der Waals surface area contributed by atoms with Crippen molar-refractivity contribution in [1.82, 2.24) is 0 Å². The van der Waals surface area contributed by atoms with Gasteiger partial charge in [0.15, 0.2) is 0 Å². The molecule has 1 heterocycles. The van der Waals surface area contributed by atoms with Gasteiger partial charge in [-0.05, 0) is 6.42 Å². The van der Waals surface area contributed by atoms with Crippen molar-refractivity contribution in [3.8, 4) is 0 Å². The molecule has 2 atom stereocenters. The van der Waals surface area contributed by atoms with Crippen LogP contribution < -0.4 is 10.6 Å². The molecule has 0 bridgehead atoms. The minimum absolute atomic E-state index is 0.325. The predicted octanol–water partition coefficient (Wildman–Crippen LogP) is 0.530. The normalized spacial score (nSPS) is 24.0. The lowest BCUT2D eigenvalue weighted by Gasteiger charge is -2.24. The summed E-state index contributed by atoms with van der Waals surface area (Å²) in [5, 5.41) is 0.950. The lowest BCUT2D eigenvalue weighted by atomic mass is 10.1. The Balaban J connectivity index is 2.54. The van der Waals surface area contributed by atoms with Crippen LogP contribution in [0.4, 0.5) is 0 Å². The SMILES string of the molecule is C=C(CC1=[P+]([O-])C(CC)C1)C(N)=O. The third-order valence-electron chi connectivity index (χ3n) is 2.35. The van der Waals surface area contributed by atoms with Crippen LogP contribution in [-0.4, -0.2) is 16.9 Å². The Hall–Kier alpha value is -0.660. The van der Waals surface area contributed by atoms with Gasteiger partial charge in [0, 0.05) is 12.0 Å². The van der Waals surface area contributed by atoms with Crippen molar-refractivity contribution < 1.29 is 9.69 Å². The van der Waals surface area contributed by atoms with E-state index >= 15 is 0 Å². The van der Waals surface area contributed by atoms with Crippen LogP contribution in [0.25, 0.3) is 0 Å². The van der Waals surface area contributed by atoms with E-state index in [1.54, 1.807) is 0 Å². The summed E-state index contributed by atoms with van der Waals surface area (Å²) in [6, 6.07) is 0. The molecule has 13 heavy (non-hydrogen) atoms. The van der Waals surface area contributed by atoms with E-state index in [9.17, 15) is 9.69 Å². The molecule has 0 radical (unpaired) electrons. The molecule has 0 aliphatic carbocycles. The third kappa shape index (κ3) is 2.17. The van der Waals surface area contributed by atoms with E-state index in [1.807, 2.05) is 6.92 Å². The van der Waals surface area contributed by atoms with Crippen molar-refractivity contribution in [2.24, 2.45) is 5.73 Å². The molecule has 0 aromatic carbocycles. The highest BCUT2D eigenvalue weighted by molar-refractivity contribution is 7.55. The molecule has 2 N–H and O–H groups in total. The summed E-state index contributed by atoms with van der Waals surface area (Å²) in [6.07, 6.45) is 2.25. The van der Waals surface area contributed by atoms with Crippen molar-refractivity contribution in [2.45, 2.75) is 31.8 Å². The molecule has 0 saturated heterocycles. The number of hydrogen-bond acceptors (Lipinski definition) is 2. The van der Waals surface area contributed by atoms with Crippen LogP contribution in [0, 0.1) is 0 Å². The zero-order chi connectivity index (χ0) is 10.0. The predicted molar refractivity (Wildman–Crippen MR) is 53.6 cm³/mol. The van der Waals surface area contributed by atoms with Gasteiger partial charge in [-0.3, -0.25) is 4.79 Å². The van der Waals surface area contributed by atoms with E-state index in [0.29, 0.717) is 17.7 Å². The summed E-state index contributed by atoms with van der Waals surface area (Å²) in [5.41, 5.74) is 5.72. The Labute approximate surface area is 79.1 Å². The van der Waals surface area contributed by atoms with Crippen LogP contribution in [-0.2, 0) is 4.79 Å². The molecule has 0 spiro atoms. The van der Waals surface area contributed by atoms with Crippen LogP contribution in [0.2, 0.25) is 0 Å². The maximum Gasteiger partial charge on any atom is 0.244 e. The second-order valence-electron chi connectivity index (χ2n) is 3.30. The Morgan fingerprint density at radius 2 is 2.46 bits per heavy atom. The summed E-state index contributed by atoms with van der Waals surface area (Å²) in [6.45, 7) is 5.56. The first kappa shape index (κ1) is 10.4. The van der Waals surface area contributed by atoms with Gasteiger partial charge in [-0.1, -0.05) is 13.5 Å². The highest BCUT2D eigenvalue weighted by Gasteiger charge is 2.33. The van der Waals surface area contributed by atoms with Crippen molar-refractivity contribution in [3.05, 3.63) is 12.2 Å². The summed E-state index contributed by atoms with van der Waals surface area (Å²) in [7, 11) is -1.20. The third-order valence-corrected chi connectivity index (χ3v) is 4.53. The van der Waals surface area contributed by atoms with Gasteiger partial charge < -0.3 is 10.6 Å². The maximum absolute atomic E-state index is 11.5. The van der Waals surface area contributed by atoms with Crippen molar-refractivity contribution >= 4 is 19.0 Å². The molecule has 2 unspecified atom stereocenters. The van der Waals surface area contributed by atoms with Crippen LogP contribution in [0.1, 0.15) is 26.2 Å². The van der Waals surface area contributed by atoms with Gasteiger partial charge >= 0.3 is 0 Å². The number of nitrogens with two attached hydrogens (primary N) is 1. The molecular weight excluding hydrogens is 185 g/mol. The molecule has 0 fully saturated rings. The second-order valence-corrected chi connectivity index (χ2v) is 5.32. The van der Waals surface area contributed by atoms with Crippen molar-refractivity contribution in [2.75, 3.05) is 0 Å². The smallest absolute Gasteiger partial charge is 0.244 e. The van der Waals surface area contributed by atoms with E-state index in [0.717, 1.165) is 18.1 Å². The average Bonchev–Trinajstić information content (AvgIpc) is 2.10. The molecule has 3 nitrogen and oxygen atoms in total. The van der Waals surface area contributed by atoms with Crippen molar-refractivity contribution in [3.63, 3.8) is 0 Å². The molecule has 72 valence electrons. The number of rotatable bonds is 4. The van der Waals surface area contributed by atoms with Gasteiger partial charge in [0.2, 0.25) is 5.91 Å². The zero-order valence-corrected chi connectivity index (χ0v) is 8.64. The fourth-order valence-electron chi connectivity index (χ4n) is 1.38. The number of hydrogen-bond donors (Lipinski definition) is 1. The number of amides is 1. The topological polar surface area (TPSA) is 66.2 Å². The van der Waals surface area contributed by atoms with E-state index in [2.05, 4.69) is 6.58 Å². The van der Waals surface area contributed by atoms with Gasteiger partial charge in [0.1, 0.15) is 11.0 Å². The molecule has 0 aromatic rings. The Morgan fingerprint density at radius 1 is 1.85 bits per heavy atom. The van der Waals surface area contributed by atoms with Gasteiger partial charge in [-0.2, -0.15) is 0 Å². The van der Waals surface area contributed by atoms with Gasteiger partial charge in [-0.15, -0.1) is 0 Å². The summed E-state index contributed by atoms with van der Waals surface area (Å²) in [4.78, 5) is 22.1. The van der Waals surface area contributed by atoms with Crippen molar-refractivity contribution in [1.29, 1.82) is 0 Å². The van der Waals surface area contributed by atoms with E-state index in [-0.39, 0.29) is 0 Å². The Bertz CT molecular complexity index is 283. The number of primary amides is 1. The maximum atomic E-state index is 11.5. The minimum atomic E-state index is -1.20. The van der Waals surface area contributed by atoms with Crippen LogP contribution in [0.15, 0.2) is 12.2 Å². The van der Waals surface area contributed by atoms with E-state index in [4.69, 9.17) is 5.73 Å². The lowest BCUT2D eigenvalue weighted by Crippen LogP contribution is -2.28. The molecule has 4 heteroatoms. The van der Waals surface area contributed by atoms with Crippen LogP contribution >= 0.6 is 7.77 Å². The van der Waals surface area contributed by atoms with Gasteiger partial charge in [0.25, 0.3) is 0 Å². The molecule has 1 rings (SSSR count). The highest BCUT2D eigenvalue weighted by atomic mass is 31.1. The minimum Gasteiger partial charge on any atom is -0.630 e. The van der Waals surface area contributed by atoms with Crippen LogP contribution in [0.5, 0.6) is 0 Å². The quantitative estimate of drug-likeness (QED) is 0.530. The second kappa shape index (κ2) is 4.03. The van der Waals surface area contributed by atoms with E-state index < -0.39 is 13.7 Å². The zero-order valence-electron chi connectivity index (χ0n) is 7.75. The molecule has 1 aliphatic rings. The van der Waals surface area contributed by atoms with E-state index in [1.165, 1.54) is 0 Å². The molecule has 1 aliphatic heterocycles. The van der Waals surface area contributed by atoms with Crippen LogP contribution in [0.3, 0.4) is 0 Å². The molecule has 1 amide bonds. The highest BCUT2D eigenvalue weighted by Crippen LogP contribution is 2.41. The first-order valence-electron chi connectivity index (χ1n) is 4.34. The standard InChI is InChI=1S/C9H14NO2P/c1-3-7-5-8(13(7)12)4-6(2)9(10)11/h7H,2-5H2,1H3,(H2,10,11). The molecule has 0 aromatic heterocycles. The number of carbonyl (C=O) groups excluding carboxylic acids is 1. The Morgan fingerprint density at radius 3 is 2.85 bits per heavy atom. The molecular formula is C9H14NO2P. The first-order valence-corrected chi connectivity index (χ1v) is 5.67. The first-order chi connectivity index (χ1) is 6.06. The summed E-state index contributed by atoms with van der Waals surface area (Å²) >= 11 is 0. The summed E-state index contributed by atoms with van der Waals surface area (Å²) in [5.74, 6) is -0.490. The lowest BCUT2D eigenvalue weighted by molar-refractivity contribution is -0.156. The fraction of sp³-hybridized carbons (Fsp3) is 0.556. The monoisotopic (exact) mass is 199 g/mol. The number of carbonyl (C=O) groups is 1. The average molecular weight is 199 g/mol. The molecule has 0 saturated carbocycles. The van der Waals surface area contributed by atoms with Gasteiger partial charge in [-0.25, -0.2) is 0 Å². The fourth-order valence-corrected chi connectivity index (χ4v) is 3.04. The summed E-state index contributed by atoms with van der Waals surface area (Å²) < 4.78 is 0. The Kier molecular flexibility index (Phi) is 3.23. The largest absolute Gasteiger partial charge is 0.630 e.